The van der Waals surface area contributed by atoms with E-state index in [0.29, 0.717) is 0 Å². The van der Waals surface area contributed by atoms with Gasteiger partial charge in [0.05, 0.1) is 35.7 Å². The topological polar surface area (TPSA) is 23.0 Å². The second-order valence-electron chi connectivity index (χ2n) is 12.5. The maximum absolute atomic E-state index is 6.91. The number of furan rings is 1. The zero-order valence-electron chi connectivity index (χ0n) is 24.9. The van der Waals surface area contributed by atoms with Crippen LogP contribution in [-0.2, 0) is 6.42 Å². The molecule has 212 valence electrons. The normalized spacial score (nSPS) is 12.9. The summed E-state index contributed by atoms with van der Waals surface area (Å²) < 4.78 is 15.7. The summed E-state index contributed by atoms with van der Waals surface area (Å²) >= 11 is 3.83. The quantitative estimate of drug-likeness (QED) is 0.192. The number of aryl methyl sites for hydroxylation is 4. The molecular formula is C39H28N2OS2. The molecule has 0 radical (unpaired) electrons. The lowest BCUT2D eigenvalue weighted by Crippen LogP contribution is -1.96. The van der Waals surface area contributed by atoms with E-state index in [-0.39, 0.29) is 0 Å². The smallest absolute Gasteiger partial charge is 0.165 e. The van der Waals surface area contributed by atoms with Crippen molar-refractivity contribution in [3.8, 4) is 21.9 Å². The molecule has 4 aromatic carbocycles. The zero-order chi connectivity index (χ0) is 29.4. The number of aromatic nitrogens is 2. The van der Waals surface area contributed by atoms with Crippen molar-refractivity contribution in [1.82, 2.24) is 9.13 Å². The van der Waals surface area contributed by atoms with Gasteiger partial charge in [0, 0.05) is 28.6 Å². The van der Waals surface area contributed by atoms with Crippen molar-refractivity contribution in [2.24, 2.45) is 0 Å². The van der Waals surface area contributed by atoms with Crippen molar-refractivity contribution < 1.29 is 4.42 Å². The van der Waals surface area contributed by atoms with E-state index < -0.39 is 0 Å². The minimum atomic E-state index is 0.954. The Bertz CT molecular complexity index is 2650. The molecule has 5 heteroatoms. The Hall–Kier alpha value is -4.58. The molecule has 1 aliphatic rings. The minimum Gasteiger partial charge on any atom is -0.451 e. The first-order chi connectivity index (χ1) is 21.4. The van der Waals surface area contributed by atoms with Crippen molar-refractivity contribution in [2.75, 3.05) is 0 Å². The highest BCUT2D eigenvalue weighted by Crippen LogP contribution is 2.56. The Kier molecular flexibility index (Phi) is 4.81. The lowest BCUT2D eigenvalue weighted by Gasteiger charge is -2.11. The first-order valence-electron chi connectivity index (χ1n) is 15.1. The summed E-state index contributed by atoms with van der Waals surface area (Å²) in [6.07, 6.45) is 0.954. The number of thiophene rings is 2. The Morgan fingerprint density at radius 3 is 1.82 bits per heavy atom. The fourth-order valence-electron chi connectivity index (χ4n) is 7.32. The fourth-order valence-corrected chi connectivity index (χ4v) is 10.2. The molecule has 0 spiro atoms. The minimum absolute atomic E-state index is 0.954. The second kappa shape index (κ2) is 8.53. The average molecular weight is 605 g/mol. The van der Waals surface area contributed by atoms with E-state index in [2.05, 4.69) is 122 Å². The van der Waals surface area contributed by atoms with Crippen LogP contribution >= 0.6 is 22.7 Å². The van der Waals surface area contributed by atoms with E-state index in [1.165, 1.54) is 96.7 Å². The van der Waals surface area contributed by atoms with Crippen LogP contribution in [0.4, 0.5) is 0 Å². The van der Waals surface area contributed by atoms with Crippen LogP contribution in [0.5, 0.6) is 0 Å². The largest absolute Gasteiger partial charge is 0.451 e. The van der Waals surface area contributed by atoms with Crippen molar-refractivity contribution in [2.45, 2.75) is 34.1 Å². The van der Waals surface area contributed by atoms with Gasteiger partial charge in [-0.25, -0.2) is 0 Å². The number of hydrogen-bond acceptors (Lipinski definition) is 3. The van der Waals surface area contributed by atoms with Crippen LogP contribution in [0.25, 0.3) is 74.5 Å². The van der Waals surface area contributed by atoms with E-state index in [1.807, 2.05) is 22.7 Å². The number of benzene rings is 4. The van der Waals surface area contributed by atoms with Gasteiger partial charge in [0.1, 0.15) is 5.52 Å². The van der Waals surface area contributed by atoms with Gasteiger partial charge in [0.25, 0.3) is 0 Å². The highest BCUT2D eigenvalue weighted by molar-refractivity contribution is 7.34. The highest BCUT2D eigenvalue weighted by atomic mass is 32.1. The standard InChI is InChI=1S/C39H28N2OS2/c1-20-5-11-24(12-6-20)40-30-17-22(3)9-15-26(30)28-19-29-36(32(28)40)43-39-35-38(44-37(29)39)33-34(42-35)27-16-10-23(4)18-31(27)41(33)25-13-7-21(2)8-14-25/h5-18H,19H2,1-4H3. The third kappa shape index (κ3) is 3.16. The van der Waals surface area contributed by atoms with E-state index in [0.717, 1.165) is 17.6 Å². The van der Waals surface area contributed by atoms with Gasteiger partial charge < -0.3 is 13.6 Å². The van der Waals surface area contributed by atoms with Gasteiger partial charge in [-0.1, -0.05) is 53.6 Å². The second-order valence-corrected chi connectivity index (χ2v) is 14.5. The number of rotatable bonds is 2. The van der Waals surface area contributed by atoms with Crippen LogP contribution in [0.3, 0.4) is 0 Å². The van der Waals surface area contributed by atoms with E-state index in [4.69, 9.17) is 4.42 Å². The van der Waals surface area contributed by atoms with Crippen LogP contribution in [0.15, 0.2) is 89.3 Å². The third-order valence-electron chi connectivity index (χ3n) is 9.45. The molecule has 0 amide bonds. The Labute approximate surface area is 262 Å². The zero-order valence-corrected chi connectivity index (χ0v) is 26.5. The fraction of sp³-hybridized carbons (Fsp3) is 0.128. The summed E-state index contributed by atoms with van der Waals surface area (Å²) in [6.45, 7) is 8.66. The van der Waals surface area contributed by atoms with Crippen LogP contribution in [-0.4, -0.2) is 9.13 Å². The predicted molar refractivity (Wildman–Crippen MR) is 188 cm³/mol. The van der Waals surface area contributed by atoms with E-state index in [9.17, 15) is 0 Å². The molecular weight excluding hydrogens is 577 g/mol. The van der Waals surface area contributed by atoms with Gasteiger partial charge in [-0.2, -0.15) is 0 Å². The van der Waals surface area contributed by atoms with E-state index in [1.54, 1.807) is 0 Å². The molecule has 0 saturated heterocycles. The molecule has 0 fully saturated rings. The van der Waals surface area contributed by atoms with Crippen LogP contribution in [0.1, 0.15) is 33.4 Å². The molecule has 0 atom stereocenters. The Morgan fingerprint density at radius 1 is 0.545 bits per heavy atom. The molecule has 3 nitrogen and oxygen atoms in total. The number of fused-ring (bicyclic) bond motifs is 13. The van der Waals surface area contributed by atoms with Crippen LogP contribution < -0.4 is 0 Å². The van der Waals surface area contributed by atoms with Gasteiger partial charge in [-0.15, -0.1) is 22.7 Å². The van der Waals surface area contributed by atoms with Gasteiger partial charge in [0.2, 0.25) is 0 Å². The lowest BCUT2D eigenvalue weighted by atomic mass is 10.1. The monoisotopic (exact) mass is 604 g/mol. The molecule has 1 aliphatic carbocycles. The van der Waals surface area contributed by atoms with Gasteiger partial charge >= 0.3 is 0 Å². The molecule has 44 heavy (non-hydrogen) atoms. The van der Waals surface area contributed by atoms with Gasteiger partial charge in [-0.05, 0) is 92.4 Å². The first kappa shape index (κ1) is 24.8. The summed E-state index contributed by atoms with van der Waals surface area (Å²) in [5.41, 5.74) is 17.4. The Morgan fingerprint density at radius 2 is 1.14 bits per heavy atom. The molecule has 5 aromatic heterocycles. The first-order valence-corrected chi connectivity index (χ1v) is 16.8. The lowest BCUT2D eigenvalue weighted by molar-refractivity contribution is 0.677. The predicted octanol–water partition coefficient (Wildman–Crippen LogP) is 11.6. The molecule has 0 bridgehead atoms. The Balaban J connectivity index is 1.27. The van der Waals surface area contributed by atoms with Crippen molar-refractivity contribution in [3.63, 3.8) is 0 Å². The molecule has 0 aliphatic heterocycles. The molecule has 5 heterocycles. The summed E-state index contributed by atoms with van der Waals surface area (Å²) in [5.74, 6) is 0. The maximum atomic E-state index is 6.91. The molecule has 0 unspecified atom stereocenters. The van der Waals surface area contributed by atoms with Gasteiger partial charge in [0.15, 0.2) is 11.2 Å². The van der Waals surface area contributed by atoms with Crippen LogP contribution in [0, 0.1) is 27.7 Å². The summed E-state index contributed by atoms with van der Waals surface area (Å²) in [7, 11) is 0. The SMILES string of the molecule is Cc1ccc(-n2c3c(c4ccc(C)cc42)Cc2c-3sc3c2sc2c3oc3c4ccc(C)cc4n(-c4ccc(C)cc4)c32)cc1. The summed E-state index contributed by atoms with van der Waals surface area (Å²) in [6, 6.07) is 31.5. The van der Waals surface area contributed by atoms with E-state index >= 15 is 0 Å². The highest BCUT2D eigenvalue weighted by Gasteiger charge is 2.34. The average Bonchev–Trinajstić information content (AvgIpc) is 3.82. The molecule has 9 aromatic rings. The number of hydrogen-bond donors (Lipinski definition) is 0. The van der Waals surface area contributed by atoms with Crippen molar-refractivity contribution >= 4 is 75.3 Å². The van der Waals surface area contributed by atoms with Crippen LogP contribution in [0.2, 0.25) is 0 Å². The molecule has 0 saturated carbocycles. The summed E-state index contributed by atoms with van der Waals surface area (Å²) in [4.78, 5) is 1.39. The van der Waals surface area contributed by atoms with Crippen molar-refractivity contribution in [3.05, 3.63) is 118 Å². The molecule has 0 N–H and O–H groups in total. The van der Waals surface area contributed by atoms with Gasteiger partial charge in [-0.3, -0.25) is 0 Å². The third-order valence-corrected chi connectivity index (χ3v) is 12.1. The number of nitrogens with zero attached hydrogens (tertiary/aromatic N) is 2. The van der Waals surface area contributed by atoms with Crippen molar-refractivity contribution in [1.29, 1.82) is 0 Å². The molecule has 10 rings (SSSR count). The maximum Gasteiger partial charge on any atom is 0.165 e. The summed E-state index contributed by atoms with van der Waals surface area (Å²) in [5, 5.41) is 2.53.